The molecule has 1 aliphatic heterocycles. The number of fused-ring (bicyclic) bond motifs is 1. The van der Waals surface area contributed by atoms with Crippen LogP contribution in [0.3, 0.4) is 0 Å². The standard InChI is InChI=1S/C20H26N6O/c1-13-7-8-16-14(11-13)12-15(19(27)21-16)17(25-9-5-6-10-25)18-22-23-24-26(18)20(2,3)4/h7-8,11-12,17H,5-6,9-10H2,1-4H3,(H,21,27)/p+1/t17-/m1/s1. The maximum absolute atomic E-state index is 13.0. The zero-order valence-corrected chi connectivity index (χ0v) is 16.4. The van der Waals surface area contributed by atoms with Crippen LogP contribution in [0.15, 0.2) is 29.1 Å². The fourth-order valence-corrected chi connectivity index (χ4v) is 4.07. The van der Waals surface area contributed by atoms with Gasteiger partial charge in [0.05, 0.1) is 24.2 Å². The molecule has 0 radical (unpaired) electrons. The molecule has 3 aromatic rings. The molecular formula is C20H27N6O+. The van der Waals surface area contributed by atoms with Gasteiger partial charge in [0.2, 0.25) is 5.82 Å². The van der Waals surface area contributed by atoms with E-state index in [0.29, 0.717) is 0 Å². The van der Waals surface area contributed by atoms with Gasteiger partial charge < -0.3 is 9.88 Å². The normalized spacial score (nSPS) is 16.9. The minimum Gasteiger partial charge on any atom is -0.322 e. The number of aromatic nitrogens is 5. The summed E-state index contributed by atoms with van der Waals surface area (Å²) in [4.78, 5) is 17.4. The molecule has 4 rings (SSSR count). The van der Waals surface area contributed by atoms with Gasteiger partial charge in [-0.25, -0.2) is 4.68 Å². The molecule has 1 aromatic carbocycles. The predicted molar refractivity (Wildman–Crippen MR) is 104 cm³/mol. The molecule has 0 aliphatic carbocycles. The smallest absolute Gasteiger partial charge is 0.258 e. The Balaban J connectivity index is 1.93. The zero-order chi connectivity index (χ0) is 19.2. The van der Waals surface area contributed by atoms with Gasteiger partial charge in [-0.3, -0.25) is 4.79 Å². The molecule has 2 N–H and O–H groups in total. The molecular weight excluding hydrogens is 340 g/mol. The molecule has 3 heterocycles. The number of likely N-dealkylation sites (tertiary alicyclic amines) is 1. The highest BCUT2D eigenvalue weighted by Crippen LogP contribution is 2.23. The molecule has 0 bridgehead atoms. The lowest BCUT2D eigenvalue weighted by molar-refractivity contribution is -0.914. The maximum Gasteiger partial charge on any atom is 0.258 e. The molecule has 27 heavy (non-hydrogen) atoms. The van der Waals surface area contributed by atoms with Crippen molar-refractivity contribution in [3.8, 4) is 0 Å². The fraction of sp³-hybridized carbons (Fsp3) is 0.500. The quantitative estimate of drug-likeness (QED) is 0.732. The van der Waals surface area contributed by atoms with E-state index in [2.05, 4.69) is 54.3 Å². The van der Waals surface area contributed by atoms with Crippen molar-refractivity contribution in [1.82, 2.24) is 25.2 Å². The first-order chi connectivity index (χ1) is 12.8. The average molecular weight is 367 g/mol. The highest BCUT2D eigenvalue weighted by Gasteiger charge is 2.37. The molecule has 1 atom stereocenters. The van der Waals surface area contributed by atoms with Gasteiger partial charge in [-0.2, -0.15) is 0 Å². The first-order valence-electron chi connectivity index (χ1n) is 9.61. The Kier molecular flexibility index (Phi) is 4.34. The maximum atomic E-state index is 13.0. The molecule has 7 nitrogen and oxygen atoms in total. The first kappa shape index (κ1) is 17.9. The monoisotopic (exact) mass is 367 g/mol. The van der Waals surface area contributed by atoms with Crippen molar-refractivity contribution in [1.29, 1.82) is 0 Å². The van der Waals surface area contributed by atoms with E-state index in [0.717, 1.165) is 48.2 Å². The summed E-state index contributed by atoms with van der Waals surface area (Å²) in [5.74, 6) is 0.761. The number of aryl methyl sites for hydroxylation is 1. The molecule has 1 fully saturated rings. The van der Waals surface area contributed by atoms with Crippen LogP contribution in [-0.2, 0) is 5.54 Å². The van der Waals surface area contributed by atoms with E-state index < -0.39 is 0 Å². The Labute approximate surface area is 158 Å². The van der Waals surface area contributed by atoms with Crippen molar-refractivity contribution in [2.75, 3.05) is 13.1 Å². The third-order valence-electron chi connectivity index (χ3n) is 5.38. The highest BCUT2D eigenvalue weighted by atomic mass is 16.1. The van der Waals surface area contributed by atoms with Gasteiger partial charge in [0.25, 0.3) is 5.56 Å². The van der Waals surface area contributed by atoms with Crippen LogP contribution in [0.4, 0.5) is 0 Å². The zero-order valence-electron chi connectivity index (χ0n) is 16.4. The summed E-state index contributed by atoms with van der Waals surface area (Å²) in [5, 5.41) is 13.6. The lowest BCUT2D eigenvalue weighted by atomic mass is 10.0. The van der Waals surface area contributed by atoms with Crippen molar-refractivity contribution in [2.24, 2.45) is 0 Å². The van der Waals surface area contributed by atoms with Crippen LogP contribution >= 0.6 is 0 Å². The molecule has 2 aromatic heterocycles. The summed E-state index contributed by atoms with van der Waals surface area (Å²) < 4.78 is 1.86. The largest absolute Gasteiger partial charge is 0.322 e. The molecule has 142 valence electrons. The molecule has 0 unspecified atom stereocenters. The van der Waals surface area contributed by atoms with Crippen molar-refractivity contribution in [3.63, 3.8) is 0 Å². The lowest BCUT2D eigenvalue weighted by Crippen LogP contribution is -3.10. The number of hydrogen-bond acceptors (Lipinski definition) is 4. The summed E-state index contributed by atoms with van der Waals surface area (Å²) >= 11 is 0. The minimum atomic E-state index is -0.254. The van der Waals surface area contributed by atoms with Gasteiger partial charge in [0, 0.05) is 18.4 Å². The lowest BCUT2D eigenvalue weighted by Gasteiger charge is -2.27. The molecule has 7 heteroatoms. The number of hydrogen-bond donors (Lipinski definition) is 2. The average Bonchev–Trinajstić information content (AvgIpc) is 3.27. The number of benzene rings is 1. The van der Waals surface area contributed by atoms with Crippen LogP contribution in [0.1, 0.15) is 56.6 Å². The minimum absolute atomic E-state index is 0.0563. The Morgan fingerprint density at radius 3 is 2.63 bits per heavy atom. The van der Waals surface area contributed by atoms with E-state index in [9.17, 15) is 4.79 Å². The second-order valence-corrected chi connectivity index (χ2v) is 8.56. The Morgan fingerprint density at radius 1 is 1.19 bits per heavy atom. The number of H-pyrrole nitrogens is 1. The first-order valence-corrected chi connectivity index (χ1v) is 9.61. The Morgan fingerprint density at radius 2 is 1.93 bits per heavy atom. The van der Waals surface area contributed by atoms with Gasteiger partial charge in [0.15, 0.2) is 6.04 Å². The summed E-state index contributed by atoms with van der Waals surface area (Å²) in [6.45, 7) is 10.3. The van der Waals surface area contributed by atoms with Crippen LogP contribution in [0, 0.1) is 6.92 Å². The number of tetrazole rings is 1. The fourth-order valence-electron chi connectivity index (χ4n) is 4.07. The summed E-state index contributed by atoms with van der Waals surface area (Å²) in [5.41, 5.74) is 2.46. The molecule has 0 saturated carbocycles. The molecule has 1 aliphatic rings. The van der Waals surface area contributed by atoms with E-state index in [-0.39, 0.29) is 17.1 Å². The molecule has 0 spiro atoms. The van der Waals surface area contributed by atoms with Crippen LogP contribution in [0.5, 0.6) is 0 Å². The second-order valence-electron chi connectivity index (χ2n) is 8.56. The number of nitrogens with one attached hydrogen (secondary N) is 2. The van der Waals surface area contributed by atoms with E-state index in [1.54, 1.807) is 0 Å². The van der Waals surface area contributed by atoms with E-state index in [1.807, 2.05) is 22.9 Å². The van der Waals surface area contributed by atoms with Gasteiger partial charge >= 0.3 is 0 Å². The third kappa shape index (κ3) is 3.27. The van der Waals surface area contributed by atoms with E-state index in [4.69, 9.17) is 0 Å². The van der Waals surface area contributed by atoms with Gasteiger partial charge in [-0.15, -0.1) is 5.10 Å². The van der Waals surface area contributed by atoms with Crippen LogP contribution < -0.4 is 10.5 Å². The van der Waals surface area contributed by atoms with Crippen molar-refractivity contribution >= 4 is 10.9 Å². The number of rotatable bonds is 3. The SMILES string of the molecule is Cc1ccc2[nH]c(=O)c([C@H](c3nnnn3C(C)(C)C)[NH+]3CCCC3)cc2c1. The molecule has 0 amide bonds. The summed E-state index contributed by atoms with van der Waals surface area (Å²) in [6.07, 6.45) is 2.32. The van der Waals surface area contributed by atoms with Crippen molar-refractivity contribution < 1.29 is 4.90 Å². The number of pyridine rings is 1. The third-order valence-corrected chi connectivity index (χ3v) is 5.38. The number of quaternary nitrogens is 1. The predicted octanol–water partition coefficient (Wildman–Crippen LogP) is 1.35. The van der Waals surface area contributed by atoms with Crippen molar-refractivity contribution in [3.05, 3.63) is 51.6 Å². The summed E-state index contributed by atoms with van der Waals surface area (Å²) in [6, 6.07) is 7.94. The highest BCUT2D eigenvalue weighted by molar-refractivity contribution is 5.79. The van der Waals surface area contributed by atoms with Crippen LogP contribution in [0.2, 0.25) is 0 Å². The van der Waals surface area contributed by atoms with E-state index >= 15 is 0 Å². The second kappa shape index (κ2) is 6.56. The number of aromatic amines is 1. The van der Waals surface area contributed by atoms with Crippen LogP contribution in [0.25, 0.3) is 10.9 Å². The van der Waals surface area contributed by atoms with Gasteiger partial charge in [-0.1, -0.05) is 11.6 Å². The van der Waals surface area contributed by atoms with Crippen LogP contribution in [-0.4, -0.2) is 38.3 Å². The van der Waals surface area contributed by atoms with Gasteiger partial charge in [-0.05, 0) is 61.7 Å². The van der Waals surface area contributed by atoms with E-state index in [1.165, 1.54) is 10.5 Å². The van der Waals surface area contributed by atoms with Crippen molar-refractivity contribution in [2.45, 2.75) is 52.1 Å². The topological polar surface area (TPSA) is 80.9 Å². The van der Waals surface area contributed by atoms with Gasteiger partial charge in [0.1, 0.15) is 0 Å². The molecule has 1 saturated heterocycles. The Bertz CT molecular complexity index is 1020. The Hall–Kier alpha value is -2.54. The summed E-state index contributed by atoms with van der Waals surface area (Å²) in [7, 11) is 0. The number of nitrogens with zero attached hydrogens (tertiary/aromatic N) is 4.